The highest BCUT2D eigenvalue weighted by molar-refractivity contribution is 6.29. The van der Waals surface area contributed by atoms with Gasteiger partial charge < -0.3 is 5.32 Å². The first kappa shape index (κ1) is 14.8. The number of hydrogen-bond donors (Lipinski definition) is 1. The molecular formula is C16H19ClN2O. The molecule has 2 rings (SSSR count). The van der Waals surface area contributed by atoms with Crippen LogP contribution >= 0.6 is 11.6 Å². The van der Waals surface area contributed by atoms with Crippen LogP contribution in [0.5, 0.6) is 0 Å². The van der Waals surface area contributed by atoms with Crippen molar-refractivity contribution in [3.63, 3.8) is 0 Å². The predicted octanol–water partition coefficient (Wildman–Crippen LogP) is 4.20. The second-order valence-electron chi connectivity index (χ2n) is 4.86. The van der Waals surface area contributed by atoms with Crippen LogP contribution in [-0.2, 0) is 0 Å². The van der Waals surface area contributed by atoms with Crippen LogP contribution in [0.4, 0.5) is 0 Å². The number of amides is 1. The van der Waals surface area contributed by atoms with Gasteiger partial charge in [-0.2, -0.15) is 0 Å². The zero-order valence-electron chi connectivity index (χ0n) is 11.7. The van der Waals surface area contributed by atoms with Gasteiger partial charge >= 0.3 is 0 Å². The number of rotatable bonds is 6. The summed E-state index contributed by atoms with van der Waals surface area (Å²) in [6, 6.07) is 9.07. The van der Waals surface area contributed by atoms with Crippen molar-refractivity contribution in [2.45, 2.75) is 32.6 Å². The predicted molar refractivity (Wildman–Crippen MR) is 83.2 cm³/mol. The minimum Gasteiger partial charge on any atom is -0.352 e. The third-order valence-electron chi connectivity index (χ3n) is 3.23. The van der Waals surface area contributed by atoms with Crippen LogP contribution < -0.4 is 5.32 Å². The van der Waals surface area contributed by atoms with Crippen LogP contribution in [0.25, 0.3) is 10.9 Å². The molecule has 0 aliphatic heterocycles. The van der Waals surface area contributed by atoms with Gasteiger partial charge in [-0.15, -0.1) is 0 Å². The summed E-state index contributed by atoms with van der Waals surface area (Å²) in [6.45, 7) is 2.91. The quantitative estimate of drug-likeness (QED) is 0.640. The fourth-order valence-corrected chi connectivity index (χ4v) is 2.25. The molecule has 1 aromatic carbocycles. The molecule has 1 heterocycles. The van der Waals surface area contributed by atoms with Crippen molar-refractivity contribution in [2.24, 2.45) is 0 Å². The number of nitrogens with zero attached hydrogens (tertiary/aromatic N) is 1. The molecule has 20 heavy (non-hydrogen) atoms. The number of aromatic nitrogens is 1. The SMILES string of the molecule is CCCCCCNC(=O)c1ccc2nc(Cl)ccc2c1. The molecule has 0 atom stereocenters. The maximum atomic E-state index is 12.0. The zero-order valence-corrected chi connectivity index (χ0v) is 12.4. The lowest BCUT2D eigenvalue weighted by molar-refractivity contribution is 0.0953. The Balaban J connectivity index is 1.98. The number of fused-ring (bicyclic) bond motifs is 1. The largest absolute Gasteiger partial charge is 0.352 e. The highest BCUT2D eigenvalue weighted by Crippen LogP contribution is 2.17. The molecule has 106 valence electrons. The van der Waals surface area contributed by atoms with Gasteiger partial charge in [0.25, 0.3) is 5.91 Å². The van der Waals surface area contributed by atoms with E-state index in [1.165, 1.54) is 12.8 Å². The van der Waals surface area contributed by atoms with Gasteiger partial charge in [0.15, 0.2) is 0 Å². The first-order chi connectivity index (χ1) is 9.70. The molecule has 0 spiro atoms. The number of carbonyl (C=O) groups is 1. The van der Waals surface area contributed by atoms with Gasteiger partial charge in [0.05, 0.1) is 5.52 Å². The van der Waals surface area contributed by atoms with Gasteiger partial charge in [-0.05, 0) is 36.8 Å². The van der Waals surface area contributed by atoms with Crippen molar-refractivity contribution in [3.05, 3.63) is 41.0 Å². The van der Waals surface area contributed by atoms with Crippen molar-refractivity contribution in [1.29, 1.82) is 0 Å². The molecule has 4 heteroatoms. The highest BCUT2D eigenvalue weighted by atomic mass is 35.5. The number of halogens is 1. The zero-order chi connectivity index (χ0) is 14.4. The molecule has 3 nitrogen and oxygen atoms in total. The second kappa shape index (κ2) is 7.25. The van der Waals surface area contributed by atoms with Gasteiger partial charge in [-0.1, -0.05) is 37.8 Å². The van der Waals surface area contributed by atoms with Crippen LogP contribution in [0.2, 0.25) is 5.15 Å². The Labute approximate surface area is 124 Å². The Hall–Kier alpha value is -1.61. The lowest BCUT2D eigenvalue weighted by atomic mass is 10.1. The number of unbranched alkanes of at least 4 members (excludes halogenated alkanes) is 3. The van der Waals surface area contributed by atoms with E-state index in [4.69, 9.17) is 11.6 Å². The van der Waals surface area contributed by atoms with E-state index in [0.717, 1.165) is 30.3 Å². The normalized spacial score (nSPS) is 10.7. The fraction of sp³-hybridized carbons (Fsp3) is 0.375. The van der Waals surface area contributed by atoms with Crippen molar-refractivity contribution in [1.82, 2.24) is 10.3 Å². The van der Waals surface area contributed by atoms with Crippen LogP contribution in [0.3, 0.4) is 0 Å². The van der Waals surface area contributed by atoms with E-state index in [2.05, 4.69) is 17.2 Å². The average Bonchev–Trinajstić information content (AvgIpc) is 2.46. The highest BCUT2D eigenvalue weighted by Gasteiger charge is 2.06. The maximum absolute atomic E-state index is 12.0. The van der Waals surface area contributed by atoms with Crippen LogP contribution in [0, 0.1) is 0 Å². The van der Waals surface area contributed by atoms with Gasteiger partial charge in [-0.3, -0.25) is 4.79 Å². The minimum atomic E-state index is -0.0293. The minimum absolute atomic E-state index is 0.0293. The number of nitrogens with one attached hydrogen (secondary N) is 1. The van der Waals surface area contributed by atoms with Crippen molar-refractivity contribution < 1.29 is 4.79 Å². The van der Waals surface area contributed by atoms with E-state index in [1.807, 2.05) is 18.2 Å². The van der Waals surface area contributed by atoms with E-state index in [9.17, 15) is 4.79 Å². The van der Waals surface area contributed by atoms with Crippen molar-refractivity contribution in [3.8, 4) is 0 Å². The van der Waals surface area contributed by atoms with Gasteiger partial charge in [0.2, 0.25) is 0 Å². The maximum Gasteiger partial charge on any atom is 0.251 e. The van der Waals surface area contributed by atoms with E-state index in [0.29, 0.717) is 10.7 Å². The molecule has 0 aliphatic rings. The Kier molecular flexibility index (Phi) is 5.36. The van der Waals surface area contributed by atoms with Gasteiger partial charge in [-0.25, -0.2) is 4.98 Å². The molecule has 0 fully saturated rings. The topological polar surface area (TPSA) is 42.0 Å². The standard InChI is InChI=1S/C16H19ClN2O/c1-2-3-4-5-10-18-16(20)13-6-8-14-12(11-13)7-9-15(17)19-14/h6-9,11H,2-5,10H2,1H3,(H,18,20). The van der Waals surface area contributed by atoms with Gasteiger partial charge in [0.1, 0.15) is 5.15 Å². The van der Waals surface area contributed by atoms with Crippen molar-refractivity contribution >= 4 is 28.4 Å². The Bertz CT molecular complexity index is 598. The van der Waals surface area contributed by atoms with Crippen LogP contribution in [-0.4, -0.2) is 17.4 Å². The summed E-state index contributed by atoms with van der Waals surface area (Å²) in [6.07, 6.45) is 4.62. The smallest absolute Gasteiger partial charge is 0.251 e. The first-order valence-corrected chi connectivity index (χ1v) is 7.43. The summed E-state index contributed by atoms with van der Waals surface area (Å²) in [5, 5.41) is 4.34. The molecule has 1 N–H and O–H groups in total. The van der Waals surface area contributed by atoms with Crippen LogP contribution in [0.1, 0.15) is 43.0 Å². The van der Waals surface area contributed by atoms with Crippen molar-refractivity contribution in [2.75, 3.05) is 6.54 Å². The molecule has 0 unspecified atom stereocenters. The summed E-state index contributed by atoms with van der Waals surface area (Å²) in [7, 11) is 0. The van der Waals surface area contributed by atoms with E-state index >= 15 is 0 Å². The average molecular weight is 291 g/mol. The Morgan fingerprint density at radius 1 is 1.20 bits per heavy atom. The Morgan fingerprint density at radius 3 is 2.85 bits per heavy atom. The summed E-state index contributed by atoms with van der Waals surface area (Å²) in [5.41, 5.74) is 1.47. The third kappa shape index (κ3) is 3.94. The molecule has 0 bridgehead atoms. The number of hydrogen-bond acceptors (Lipinski definition) is 2. The van der Waals surface area contributed by atoms with E-state index < -0.39 is 0 Å². The summed E-state index contributed by atoms with van der Waals surface area (Å²) < 4.78 is 0. The Morgan fingerprint density at radius 2 is 2.05 bits per heavy atom. The monoisotopic (exact) mass is 290 g/mol. The molecule has 0 radical (unpaired) electrons. The molecule has 0 saturated carbocycles. The van der Waals surface area contributed by atoms with E-state index in [-0.39, 0.29) is 5.91 Å². The molecule has 0 saturated heterocycles. The number of carbonyl (C=O) groups excluding carboxylic acids is 1. The lowest BCUT2D eigenvalue weighted by Gasteiger charge is -2.06. The third-order valence-corrected chi connectivity index (χ3v) is 3.44. The fourth-order valence-electron chi connectivity index (χ4n) is 2.10. The number of benzene rings is 1. The molecule has 0 aliphatic carbocycles. The molecule has 1 amide bonds. The van der Waals surface area contributed by atoms with E-state index in [1.54, 1.807) is 12.1 Å². The van der Waals surface area contributed by atoms with Gasteiger partial charge in [0, 0.05) is 17.5 Å². The van der Waals surface area contributed by atoms with Crippen LogP contribution in [0.15, 0.2) is 30.3 Å². The molecular weight excluding hydrogens is 272 g/mol. The second-order valence-corrected chi connectivity index (χ2v) is 5.25. The summed E-state index contributed by atoms with van der Waals surface area (Å²) >= 11 is 5.84. The number of pyridine rings is 1. The lowest BCUT2D eigenvalue weighted by Crippen LogP contribution is -2.24. The molecule has 1 aromatic heterocycles. The first-order valence-electron chi connectivity index (χ1n) is 7.05. The molecule has 2 aromatic rings. The summed E-state index contributed by atoms with van der Waals surface area (Å²) in [4.78, 5) is 16.2. The summed E-state index contributed by atoms with van der Waals surface area (Å²) in [5.74, 6) is -0.0293.